The maximum Gasteiger partial charge on any atom is 0.333 e. The predicted octanol–water partition coefficient (Wildman–Crippen LogP) is -0.979. The second-order valence-electron chi connectivity index (χ2n) is 3.85. The van der Waals surface area contributed by atoms with E-state index in [1.807, 2.05) is 0 Å². The Morgan fingerprint density at radius 3 is 2.67 bits per heavy atom. The highest BCUT2D eigenvalue weighted by atomic mass is 32.1. The fourth-order valence-corrected chi connectivity index (χ4v) is 2.13. The van der Waals surface area contributed by atoms with Crippen molar-refractivity contribution in [3.63, 3.8) is 0 Å². The molecule has 1 heterocycles. The fraction of sp³-hybridized carbons (Fsp3) is 0.500. The Kier molecular flexibility index (Phi) is 3.98. The minimum atomic E-state index is -1.76. The van der Waals surface area contributed by atoms with Crippen molar-refractivity contribution < 1.29 is 19.1 Å². The molecule has 1 aliphatic heterocycles. The third-order valence-corrected chi connectivity index (χ3v) is 2.74. The number of hydrogen-bond donors (Lipinski definition) is 2. The number of nitrogens with one attached hydrogen (secondary N) is 2. The van der Waals surface area contributed by atoms with Crippen molar-refractivity contribution in [3.8, 4) is 6.07 Å². The Hall–Kier alpha value is -2.01. The van der Waals surface area contributed by atoms with Gasteiger partial charge in [-0.15, -0.1) is 0 Å². The van der Waals surface area contributed by atoms with Crippen LogP contribution in [0.4, 0.5) is 0 Å². The standard InChI is InChI=1S/C10H11N3O4S/c1-5(14)3-10(8(16)17-2)6(4-11)7(15)12-9(18)13-10/h6H,3H2,1-2H3,(H2,12,13,15,18)/t6-,10-/m0/s1. The van der Waals surface area contributed by atoms with Crippen LogP contribution in [0.25, 0.3) is 0 Å². The molecule has 0 radical (unpaired) electrons. The summed E-state index contributed by atoms with van der Waals surface area (Å²) >= 11 is 4.78. The lowest BCUT2D eigenvalue weighted by Gasteiger charge is -2.38. The van der Waals surface area contributed by atoms with E-state index in [1.54, 1.807) is 6.07 Å². The molecule has 2 N–H and O–H groups in total. The van der Waals surface area contributed by atoms with Gasteiger partial charge in [0.05, 0.1) is 13.2 Å². The Labute approximate surface area is 108 Å². The Bertz CT molecular complexity index is 466. The first-order valence-corrected chi connectivity index (χ1v) is 5.38. The maximum atomic E-state index is 11.9. The lowest BCUT2D eigenvalue weighted by atomic mass is 9.78. The van der Waals surface area contributed by atoms with E-state index in [2.05, 4.69) is 15.4 Å². The highest BCUT2D eigenvalue weighted by molar-refractivity contribution is 7.80. The number of methoxy groups -OCH3 is 1. The van der Waals surface area contributed by atoms with Gasteiger partial charge in [-0.25, -0.2) is 4.79 Å². The summed E-state index contributed by atoms with van der Waals surface area (Å²) in [7, 11) is 1.11. The zero-order chi connectivity index (χ0) is 13.9. The van der Waals surface area contributed by atoms with Gasteiger partial charge < -0.3 is 15.4 Å². The SMILES string of the molecule is COC(=O)[C@@]1(CC(C)=O)NC(=S)NC(=O)[C@@H]1C#N. The molecule has 1 fully saturated rings. The van der Waals surface area contributed by atoms with Gasteiger partial charge in [0.25, 0.3) is 0 Å². The van der Waals surface area contributed by atoms with Crippen LogP contribution < -0.4 is 10.6 Å². The summed E-state index contributed by atoms with van der Waals surface area (Å²) in [5, 5.41) is 13.7. The smallest absolute Gasteiger partial charge is 0.333 e. The van der Waals surface area contributed by atoms with Crippen LogP contribution in [0.1, 0.15) is 13.3 Å². The Morgan fingerprint density at radius 2 is 2.22 bits per heavy atom. The highest BCUT2D eigenvalue weighted by Crippen LogP contribution is 2.26. The number of hydrogen-bond acceptors (Lipinski definition) is 6. The zero-order valence-electron chi connectivity index (χ0n) is 9.77. The van der Waals surface area contributed by atoms with Crippen LogP contribution >= 0.6 is 12.2 Å². The van der Waals surface area contributed by atoms with Crippen LogP contribution in [0.15, 0.2) is 0 Å². The van der Waals surface area contributed by atoms with Crippen molar-refractivity contribution in [2.75, 3.05) is 7.11 Å². The van der Waals surface area contributed by atoms with E-state index in [0.29, 0.717) is 0 Å². The van der Waals surface area contributed by atoms with Crippen LogP contribution in [0.3, 0.4) is 0 Å². The quantitative estimate of drug-likeness (QED) is 0.500. The third kappa shape index (κ3) is 2.31. The van der Waals surface area contributed by atoms with Gasteiger partial charge in [-0.3, -0.25) is 9.59 Å². The van der Waals surface area contributed by atoms with Crippen molar-refractivity contribution in [2.24, 2.45) is 5.92 Å². The minimum Gasteiger partial charge on any atom is -0.467 e. The topological polar surface area (TPSA) is 108 Å². The molecule has 2 atom stereocenters. The Balaban J connectivity index is 3.31. The van der Waals surface area contributed by atoms with Gasteiger partial charge in [0, 0.05) is 6.42 Å². The van der Waals surface area contributed by atoms with Gasteiger partial charge in [0.2, 0.25) is 5.91 Å². The van der Waals surface area contributed by atoms with E-state index in [9.17, 15) is 14.4 Å². The molecular formula is C10H11N3O4S. The summed E-state index contributed by atoms with van der Waals surface area (Å²) in [4.78, 5) is 34.8. The van der Waals surface area contributed by atoms with E-state index in [-0.39, 0.29) is 17.3 Å². The molecule has 0 saturated carbocycles. The van der Waals surface area contributed by atoms with E-state index >= 15 is 0 Å². The number of nitrogens with zero attached hydrogens (tertiary/aromatic N) is 1. The molecule has 0 bridgehead atoms. The average Bonchev–Trinajstić information content (AvgIpc) is 2.26. The van der Waals surface area contributed by atoms with Gasteiger partial charge in [-0.1, -0.05) is 0 Å². The summed E-state index contributed by atoms with van der Waals surface area (Å²) in [5.74, 6) is -3.36. The van der Waals surface area contributed by atoms with Gasteiger partial charge in [0.1, 0.15) is 5.78 Å². The largest absolute Gasteiger partial charge is 0.467 e. The van der Waals surface area contributed by atoms with E-state index in [1.165, 1.54) is 6.92 Å². The molecule has 0 spiro atoms. The van der Waals surface area contributed by atoms with Crippen LogP contribution in [0.5, 0.6) is 0 Å². The van der Waals surface area contributed by atoms with Crippen LogP contribution in [-0.4, -0.2) is 35.4 Å². The number of ketones is 1. The summed E-state index contributed by atoms with van der Waals surface area (Å²) in [5.41, 5.74) is -1.76. The molecule has 1 amide bonds. The normalized spacial score (nSPS) is 26.6. The van der Waals surface area contributed by atoms with Gasteiger partial charge >= 0.3 is 5.97 Å². The lowest BCUT2D eigenvalue weighted by molar-refractivity contribution is -0.154. The summed E-state index contributed by atoms with van der Waals surface area (Å²) in [6.07, 6.45) is -0.356. The third-order valence-electron chi connectivity index (χ3n) is 2.53. The molecule has 0 aromatic carbocycles. The lowest BCUT2D eigenvalue weighted by Crippen LogP contribution is -2.70. The summed E-state index contributed by atoms with van der Waals surface area (Å²) in [6, 6.07) is 1.70. The minimum absolute atomic E-state index is 0.113. The summed E-state index contributed by atoms with van der Waals surface area (Å²) in [6.45, 7) is 1.25. The van der Waals surface area contributed by atoms with Crippen LogP contribution in [0.2, 0.25) is 0 Å². The number of carbonyl (C=O) groups excluding carboxylic acids is 3. The highest BCUT2D eigenvalue weighted by Gasteiger charge is 2.55. The second kappa shape index (κ2) is 5.10. The molecule has 1 rings (SSSR count). The molecule has 0 aromatic heterocycles. The molecule has 7 nitrogen and oxygen atoms in total. The molecular weight excluding hydrogens is 258 g/mol. The maximum absolute atomic E-state index is 11.9. The van der Waals surface area contributed by atoms with E-state index in [4.69, 9.17) is 17.5 Å². The van der Waals surface area contributed by atoms with Crippen LogP contribution in [0, 0.1) is 17.2 Å². The van der Waals surface area contributed by atoms with Crippen LogP contribution in [-0.2, 0) is 19.1 Å². The monoisotopic (exact) mass is 269 g/mol. The van der Waals surface area contributed by atoms with E-state index in [0.717, 1.165) is 7.11 Å². The number of esters is 1. The van der Waals surface area contributed by atoms with Gasteiger partial charge in [-0.05, 0) is 19.1 Å². The van der Waals surface area contributed by atoms with E-state index < -0.39 is 23.3 Å². The molecule has 0 aliphatic carbocycles. The molecule has 0 aromatic rings. The molecule has 1 aliphatic rings. The fourth-order valence-electron chi connectivity index (χ4n) is 1.84. The number of carbonyl (C=O) groups is 3. The molecule has 1 saturated heterocycles. The predicted molar refractivity (Wildman–Crippen MR) is 63.0 cm³/mol. The van der Waals surface area contributed by atoms with Crippen molar-refractivity contribution in [1.82, 2.24) is 10.6 Å². The number of nitriles is 1. The zero-order valence-corrected chi connectivity index (χ0v) is 10.6. The number of rotatable bonds is 3. The van der Waals surface area contributed by atoms with Crippen molar-refractivity contribution in [2.45, 2.75) is 18.9 Å². The first-order valence-electron chi connectivity index (χ1n) is 4.98. The van der Waals surface area contributed by atoms with Crippen molar-refractivity contribution in [3.05, 3.63) is 0 Å². The Morgan fingerprint density at radius 1 is 1.61 bits per heavy atom. The van der Waals surface area contributed by atoms with Gasteiger partial charge in [0.15, 0.2) is 16.6 Å². The molecule has 8 heteroatoms. The molecule has 18 heavy (non-hydrogen) atoms. The number of Topliss-reactive ketones (excluding diaryl/α,β-unsaturated/α-hetero) is 1. The van der Waals surface area contributed by atoms with Crippen molar-refractivity contribution >= 4 is 35.0 Å². The average molecular weight is 269 g/mol. The molecule has 0 unspecified atom stereocenters. The first-order chi connectivity index (χ1) is 8.37. The number of amides is 1. The van der Waals surface area contributed by atoms with Gasteiger partial charge in [-0.2, -0.15) is 5.26 Å². The first kappa shape index (κ1) is 14.1. The molecule has 96 valence electrons. The number of ether oxygens (including phenoxy) is 1. The second-order valence-corrected chi connectivity index (χ2v) is 4.26. The summed E-state index contributed by atoms with van der Waals surface area (Å²) < 4.78 is 4.58. The number of thiocarbonyl (C=S) groups is 1. The van der Waals surface area contributed by atoms with Crippen molar-refractivity contribution in [1.29, 1.82) is 5.26 Å².